The quantitative estimate of drug-likeness (QED) is 0.237. The first-order valence-corrected chi connectivity index (χ1v) is 16.4. The fourth-order valence-corrected chi connectivity index (χ4v) is 7.03. The zero-order valence-corrected chi connectivity index (χ0v) is 25.3. The van der Waals surface area contributed by atoms with Gasteiger partial charge in [0, 0.05) is 0 Å². The molecule has 0 radical (unpaired) electrons. The van der Waals surface area contributed by atoms with Gasteiger partial charge in [-0.1, -0.05) is 0 Å². The van der Waals surface area contributed by atoms with Crippen molar-refractivity contribution in [3.8, 4) is 0 Å². The molecule has 6 bridgehead atoms. The first kappa shape index (κ1) is 27.0. The predicted molar refractivity (Wildman–Crippen MR) is 173 cm³/mol. The topological polar surface area (TPSA) is 170 Å². The average Bonchev–Trinajstić information content (AvgIpc) is 3.75. The summed E-state index contributed by atoms with van der Waals surface area (Å²) in [7, 11) is -3.67. The molecule has 0 spiro atoms. The molecule has 0 saturated carbocycles. The molecule has 0 saturated heterocycles. The van der Waals surface area contributed by atoms with Crippen LogP contribution >= 0.6 is 0 Å². The number of hydrogen-bond donors (Lipinski definition) is 2. The van der Waals surface area contributed by atoms with Gasteiger partial charge >= 0.3 is 239 Å². The summed E-state index contributed by atoms with van der Waals surface area (Å²) in [5, 5.41) is 12.1. The Kier molecular flexibility index (Phi) is 5.76. The Bertz CT molecular complexity index is 2550. The molecule has 12 nitrogen and oxygen atoms in total. The molecule has 227 valence electrons. The number of hydrogen-bond acceptors (Lipinski definition) is 8. The maximum atomic E-state index is 9.19. The second kappa shape index (κ2) is 9.81. The summed E-state index contributed by atoms with van der Waals surface area (Å²) >= 11 is 1.62. The van der Waals surface area contributed by atoms with Crippen molar-refractivity contribution in [2.45, 2.75) is 0 Å². The third-order valence-electron chi connectivity index (χ3n) is 7.71. The van der Waals surface area contributed by atoms with Gasteiger partial charge in [-0.15, -0.1) is 0 Å². The van der Waals surface area contributed by atoms with E-state index in [4.69, 9.17) is 30.0 Å². The first-order valence-electron chi connectivity index (χ1n) is 14.0. The van der Waals surface area contributed by atoms with Crippen molar-refractivity contribution in [2.24, 2.45) is 40.2 Å². The van der Waals surface area contributed by atoms with Crippen LogP contribution in [0, 0.1) is 0 Å². The van der Waals surface area contributed by atoms with Gasteiger partial charge in [0.15, 0.2) is 0 Å². The normalized spacial score (nSPS) is 19.2. The van der Waals surface area contributed by atoms with Crippen LogP contribution in [0.25, 0.3) is 21.5 Å². The van der Waals surface area contributed by atoms with E-state index in [0.717, 1.165) is 66.4 Å². The Balaban J connectivity index is 0.000000545. The second-order valence-corrected chi connectivity index (χ2v) is 12.8. The molecule has 0 unspecified atom stereocenters. The minimum atomic E-state index is -3.67. The Hall–Kier alpha value is -5.37. The average molecular weight is 672 g/mol. The maximum absolute atomic E-state index is 9.19. The summed E-state index contributed by atoms with van der Waals surface area (Å²) in [4.78, 5) is 30.8. The molecule has 4 aromatic carbocycles. The van der Waals surface area contributed by atoms with E-state index in [1.807, 2.05) is 48.5 Å². The van der Waals surface area contributed by atoms with Gasteiger partial charge in [-0.25, -0.2) is 10.3 Å². The van der Waals surface area contributed by atoms with Crippen molar-refractivity contribution >= 4 is 66.7 Å². The molecular weight excluding hydrogens is 652 g/mol. The molecule has 46 heavy (non-hydrogen) atoms. The monoisotopic (exact) mass is 671 g/mol. The predicted octanol–water partition coefficient (Wildman–Crippen LogP) is 3.00. The fourth-order valence-electron chi connectivity index (χ4n) is 5.84. The van der Waals surface area contributed by atoms with Gasteiger partial charge in [0.1, 0.15) is 0 Å². The number of benzene rings is 4. The van der Waals surface area contributed by atoms with Crippen LogP contribution in [0.15, 0.2) is 127 Å². The van der Waals surface area contributed by atoms with Crippen LogP contribution in [-0.4, -0.2) is 38.9 Å². The summed E-state index contributed by atoms with van der Waals surface area (Å²) in [5.41, 5.74) is 5.33. The van der Waals surface area contributed by atoms with Crippen molar-refractivity contribution in [3.05, 3.63) is 130 Å². The van der Waals surface area contributed by atoms with Crippen molar-refractivity contribution in [1.82, 2.24) is 7.17 Å². The first-order chi connectivity index (χ1) is 22.3. The summed E-state index contributed by atoms with van der Waals surface area (Å²) < 4.78 is 22.5. The number of rotatable bonds is 0. The second-order valence-electron chi connectivity index (χ2n) is 10.6. The molecule has 0 amide bonds. The van der Waals surface area contributed by atoms with E-state index in [0.29, 0.717) is 23.3 Å². The molecule has 14 heteroatoms. The van der Waals surface area contributed by atoms with E-state index in [1.165, 1.54) is 0 Å². The number of aromatic nitrogens is 2. The number of fused-ring (bicyclic) bond motifs is 14. The molecule has 0 fully saturated rings. The molecule has 4 aliphatic rings. The molecule has 0 aliphatic carbocycles. The third kappa shape index (κ3) is 4.16. The van der Waals surface area contributed by atoms with Gasteiger partial charge in [-0.05, 0) is 0 Å². The van der Waals surface area contributed by atoms with Crippen molar-refractivity contribution < 1.29 is 23.8 Å². The number of nitrogens with zero attached hydrogens (tertiary/aromatic N) is 8. The molecule has 10 rings (SSSR count). The van der Waals surface area contributed by atoms with Crippen molar-refractivity contribution in [3.63, 3.8) is 0 Å². The number of amidine groups is 4. The Morgan fingerprint density at radius 1 is 0.457 bits per heavy atom. The fraction of sp³-hybridized carbons (Fsp3) is 0. The van der Waals surface area contributed by atoms with Crippen LogP contribution in [0.3, 0.4) is 0 Å². The third-order valence-corrected chi connectivity index (χ3v) is 8.88. The zero-order chi connectivity index (χ0) is 31.2. The Morgan fingerprint density at radius 3 is 1.17 bits per heavy atom. The SMILES string of the molecule is NS(N)(=O)=O.c1ccc2c(c1)C1=NC/2=N\c2c3ccccc3c3[n]2[Cu][n]2/c(c4ccccc4/c2=N/C2=N\C(=N/3)c3ccccc32)=N\1. The molecule has 2 aromatic heterocycles. The van der Waals surface area contributed by atoms with E-state index < -0.39 is 10.2 Å². The van der Waals surface area contributed by atoms with Gasteiger partial charge in [0.2, 0.25) is 0 Å². The summed E-state index contributed by atoms with van der Waals surface area (Å²) in [5.74, 6) is 4.04. The van der Waals surface area contributed by atoms with Gasteiger partial charge < -0.3 is 0 Å². The van der Waals surface area contributed by atoms with E-state index >= 15 is 0 Å². The Labute approximate surface area is 267 Å². The van der Waals surface area contributed by atoms with Gasteiger partial charge in [-0.2, -0.15) is 8.42 Å². The van der Waals surface area contributed by atoms with Crippen LogP contribution in [0.2, 0.25) is 0 Å². The van der Waals surface area contributed by atoms with Crippen LogP contribution in [0.5, 0.6) is 0 Å². The minimum absolute atomic E-state index is 0.634. The molecule has 4 aliphatic heterocycles. The van der Waals surface area contributed by atoms with Crippen LogP contribution < -0.4 is 21.3 Å². The standard InChI is InChI=1S/C32H16N8.Cu.H4N2O2S/c1-2-10-18-17(9-1)25-33-26(18)38-28-21-13-5-6-14-22(21)30(35-28)40-32-24-16-8-7-15-23(24)31(36-32)39-29-20-12-4-3-11-19(20)27(34-29)37-25;;1-5(2,3)4/h1-16H;;(H4,1,2,3,4)/q-2;+2;. The zero-order valence-electron chi connectivity index (χ0n) is 23.5. The Morgan fingerprint density at radius 2 is 0.783 bits per heavy atom. The summed E-state index contributed by atoms with van der Waals surface area (Å²) in [6.45, 7) is 0. The molecular formula is C32H20CuN10O2S. The van der Waals surface area contributed by atoms with Gasteiger partial charge in [0.05, 0.1) is 0 Å². The molecule has 6 aromatic rings. The summed E-state index contributed by atoms with van der Waals surface area (Å²) in [6.07, 6.45) is 0. The number of nitrogens with two attached hydrogens (primary N) is 2. The molecule has 6 heterocycles. The van der Waals surface area contributed by atoms with Gasteiger partial charge in [0.25, 0.3) is 10.2 Å². The van der Waals surface area contributed by atoms with Gasteiger partial charge in [-0.3, -0.25) is 0 Å². The van der Waals surface area contributed by atoms with Crippen LogP contribution in [-0.2, 0) is 25.6 Å². The van der Waals surface area contributed by atoms with E-state index in [1.54, 1.807) is 15.4 Å². The van der Waals surface area contributed by atoms with Crippen LogP contribution in [0.1, 0.15) is 22.3 Å². The molecule has 4 N–H and O–H groups in total. The van der Waals surface area contributed by atoms with Crippen molar-refractivity contribution in [2.75, 3.05) is 0 Å². The van der Waals surface area contributed by atoms with E-state index in [9.17, 15) is 8.42 Å². The van der Waals surface area contributed by atoms with Crippen molar-refractivity contribution in [1.29, 1.82) is 0 Å². The van der Waals surface area contributed by atoms with E-state index in [-0.39, 0.29) is 0 Å². The molecule has 0 atom stereocenters. The van der Waals surface area contributed by atoms with E-state index in [2.05, 4.69) is 66.0 Å². The van der Waals surface area contributed by atoms with Crippen LogP contribution in [0.4, 0.5) is 11.6 Å². The number of aliphatic imine (C=N–C) groups is 4. The summed E-state index contributed by atoms with van der Waals surface area (Å²) in [6, 6.07) is 32.8.